The van der Waals surface area contributed by atoms with Crippen LogP contribution >= 0.6 is 0 Å². The molecule has 0 aliphatic heterocycles. The van der Waals surface area contributed by atoms with E-state index in [4.69, 9.17) is 4.74 Å². The number of hydrogen-bond donors (Lipinski definition) is 1. The highest BCUT2D eigenvalue weighted by atomic mass is 16.5. The Balaban J connectivity index is 3.26. The lowest BCUT2D eigenvalue weighted by atomic mass is 10.0. The molecule has 0 aromatic rings. The van der Waals surface area contributed by atoms with E-state index in [0.717, 1.165) is 19.3 Å². The van der Waals surface area contributed by atoms with Crippen LogP contribution in [0.1, 0.15) is 124 Å². The summed E-state index contributed by atoms with van der Waals surface area (Å²) in [4.78, 5) is 11.6. The molecular weight excluding hydrogens is 324 g/mol. The second-order valence-corrected chi connectivity index (χ2v) is 8.25. The fraction of sp³-hybridized carbons (Fsp3) is 0.957. The summed E-state index contributed by atoms with van der Waals surface area (Å²) in [6.45, 7) is 6.88. The van der Waals surface area contributed by atoms with Crippen molar-refractivity contribution in [2.75, 3.05) is 6.61 Å². The van der Waals surface area contributed by atoms with Crippen molar-refractivity contribution in [3.8, 4) is 0 Å². The molecule has 26 heavy (non-hydrogen) atoms. The number of esters is 1. The number of aliphatic hydroxyl groups is 1. The minimum Gasteiger partial charge on any atom is -0.464 e. The van der Waals surface area contributed by atoms with Crippen molar-refractivity contribution in [3.63, 3.8) is 0 Å². The molecule has 0 heterocycles. The molecule has 0 bridgehead atoms. The molecular formula is C23H46O3. The zero-order valence-corrected chi connectivity index (χ0v) is 17.9. The van der Waals surface area contributed by atoms with Crippen molar-refractivity contribution in [2.24, 2.45) is 5.92 Å². The van der Waals surface area contributed by atoms with Gasteiger partial charge in [0.1, 0.15) is 0 Å². The van der Waals surface area contributed by atoms with Gasteiger partial charge in [0.05, 0.1) is 6.61 Å². The van der Waals surface area contributed by atoms with Gasteiger partial charge >= 0.3 is 5.97 Å². The van der Waals surface area contributed by atoms with Crippen LogP contribution < -0.4 is 0 Å². The van der Waals surface area contributed by atoms with Crippen molar-refractivity contribution in [3.05, 3.63) is 0 Å². The molecule has 0 aromatic heterocycles. The number of hydrogen-bond acceptors (Lipinski definition) is 3. The first-order chi connectivity index (χ1) is 12.6. The van der Waals surface area contributed by atoms with Crippen LogP contribution in [-0.4, -0.2) is 23.8 Å². The van der Waals surface area contributed by atoms with Gasteiger partial charge in [-0.05, 0) is 18.8 Å². The zero-order valence-electron chi connectivity index (χ0n) is 17.9. The molecule has 0 aromatic carbocycles. The zero-order chi connectivity index (χ0) is 19.5. The van der Waals surface area contributed by atoms with Gasteiger partial charge < -0.3 is 9.84 Å². The van der Waals surface area contributed by atoms with Crippen LogP contribution in [0.4, 0.5) is 0 Å². The summed E-state index contributed by atoms with van der Waals surface area (Å²) in [5.74, 6) is 0.0751. The quantitative estimate of drug-likeness (QED) is 0.201. The molecule has 0 aliphatic rings. The average molecular weight is 371 g/mol. The van der Waals surface area contributed by atoms with Crippen LogP contribution in [0.25, 0.3) is 0 Å². The van der Waals surface area contributed by atoms with Crippen LogP contribution in [0.5, 0.6) is 0 Å². The highest BCUT2D eigenvalue weighted by Crippen LogP contribution is 2.14. The molecule has 0 amide bonds. The lowest BCUT2D eigenvalue weighted by molar-refractivity contribution is -0.154. The minimum atomic E-state index is -0.931. The molecule has 156 valence electrons. The summed E-state index contributed by atoms with van der Waals surface area (Å²) in [6.07, 6.45) is 18.9. The van der Waals surface area contributed by atoms with Gasteiger partial charge in [-0.2, -0.15) is 0 Å². The van der Waals surface area contributed by atoms with Crippen molar-refractivity contribution in [2.45, 2.75) is 130 Å². The van der Waals surface area contributed by atoms with Crippen LogP contribution in [0, 0.1) is 5.92 Å². The van der Waals surface area contributed by atoms with E-state index in [1.54, 1.807) is 0 Å². The molecule has 1 unspecified atom stereocenters. The van der Waals surface area contributed by atoms with E-state index in [2.05, 4.69) is 20.8 Å². The number of carbonyl (C=O) groups is 1. The van der Waals surface area contributed by atoms with Crippen LogP contribution in [0.2, 0.25) is 0 Å². The molecule has 0 fully saturated rings. The van der Waals surface area contributed by atoms with Gasteiger partial charge in [-0.1, -0.05) is 111 Å². The SMILES string of the molecule is CCCCCCCCCCCCCCCCC(O)C(=O)OCCC(C)C. The summed E-state index contributed by atoms with van der Waals surface area (Å²) in [5, 5.41) is 9.80. The Kier molecular flexibility index (Phi) is 18.8. The van der Waals surface area contributed by atoms with E-state index in [1.807, 2.05) is 0 Å². The van der Waals surface area contributed by atoms with Gasteiger partial charge in [0.25, 0.3) is 0 Å². The molecule has 1 N–H and O–H groups in total. The van der Waals surface area contributed by atoms with E-state index in [0.29, 0.717) is 18.9 Å². The first-order valence-corrected chi connectivity index (χ1v) is 11.4. The van der Waals surface area contributed by atoms with Crippen LogP contribution in [0.15, 0.2) is 0 Å². The van der Waals surface area contributed by atoms with Gasteiger partial charge in [-0.15, -0.1) is 0 Å². The molecule has 0 rings (SSSR count). The molecule has 0 aliphatic carbocycles. The van der Waals surface area contributed by atoms with Crippen molar-refractivity contribution in [1.82, 2.24) is 0 Å². The van der Waals surface area contributed by atoms with E-state index >= 15 is 0 Å². The predicted octanol–water partition coefficient (Wildman–Crippen LogP) is 6.81. The second kappa shape index (κ2) is 19.2. The van der Waals surface area contributed by atoms with E-state index < -0.39 is 12.1 Å². The first-order valence-electron chi connectivity index (χ1n) is 11.4. The standard InChI is InChI=1S/C23H46O3/c1-4-5-6-7-8-9-10-11-12-13-14-15-16-17-18-22(24)23(25)26-20-19-21(2)3/h21-22,24H,4-20H2,1-3H3. The Morgan fingerprint density at radius 3 is 1.58 bits per heavy atom. The lowest BCUT2D eigenvalue weighted by Crippen LogP contribution is -2.23. The normalized spacial score (nSPS) is 12.5. The number of aliphatic hydroxyl groups excluding tert-OH is 1. The second-order valence-electron chi connectivity index (χ2n) is 8.25. The minimum absolute atomic E-state index is 0.423. The van der Waals surface area contributed by atoms with E-state index in [1.165, 1.54) is 77.0 Å². The van der Waals surface area contributed by atoms with Crippen LogP contribution in [0.3, 0.4) is 0 Å². The van der Waals surface area contributed by atoms with E-state index in [-0.39, 0.29) is 0 Å². The maximum atomic E-state index is 11.6. The summed E-state index contributed by atoms with van der Waals surface area (Å²) >= 11 is 0. The largest absolute Gasteiger partial charge is 0.464 e. The Labute approximate surface area is 163 Å². The predicted molar refractivity (Wildman–Crippen MR) is 111 cm³/mol. The molecule has 3 nitrogen and oxygen atoms in total. The number of unbranched alkanes of at least 4 members (excludes halogenated alkanes) is 13. The summed E-state index contributed by atoms with van der Waals surface area (Å²) in [5.41, 5.74) is 0. The van der Waals surface area contributed by atoms with Crippen LogP contribution in [-0.2, 0) is 9.53 Å². The maximum absolute atomic E-state index is 11.6. The summed E-state index contributed by atoms with van der Waals surface area (Å²) in [7, 11) is 0. The first kappa shape index (κ1) is 25.4. The Bertz CT molecular complexity index is 302. The Morgan fingerprint density at radius 2 is 1.15 bits per heavy atom. The monoisotopic (exact) mass is 370 g/mol. The van der Waals surface area contributed by atoms with Crippen molar-refractivity contribution < 1.29 is 14.6 Å². The Morgan fingerprint density at radius 1 is 0.731 bits per heavy atom. The molecule has 0 radical (unpaired) electrons. The third kappa shape index (κ3) is 18.2. The average Bonchev–Trinajstić information content (AvgIpc) is 2.61. The third-order valence-corrected chi connectivity index (χ3v) is 5.04. The molecule has 0 saturated carbocycles. The van der Waals surface area contributed by atoms with Gasteiger partial charge in [0.2, 0.25) is 0 Å². The highest BCUT2D eigenvalue weighted by Gasteiger charge is 2.15. The maximum Gasteiger partial charge on any atom is 0.334 e. The van der Waals surface area contributed by atoms with Gasteiger partial charge in [-0.3, -0.25) is 0 Å². The number of ether oxygens (including phenoxy) is 1. The summed E-state index contributed by atoms with van der Waals surface area (Å²) in [6, 6.07) is 0. The van der Waals surface area contributed by atoms with Crippen molar-refractivity contribution >= 4 is 5.97 Å². The lowest BCUT2D eigenvalue weighted by Gasteiger charge is -2.11. The topological polar surface area (TPSA) is 46.5 Å². The smallest absolute Gasteiger partial charge is 0.334 e. The third-order valence-electron chi connectivity index (χ3n) is 5.04. The van der Waals surface area contributed by atoms with Crippen molar-refractivity contribution in [1.29, 1.82) is 0 Å². The highest BCUT2D eigenvalue weighted by molar-refractivity contribution is 5.74. The van der Waals surface area contributed by atoms with Gasteiger partial charge in [0.15, 0.2) is 6.10 Å². The summed E-state index contributed by atoms with van der Waals surface area (Å²) < 4.78 is 5.10. The van der Waals surface area contributed by atoms with Gasteiger partial charge in [-0.25, -0.2) is 4.79 Å². The molecule has 3 heteroatoms. The van der Waals surface area contributed by atoms with Gasteiger partial charge in [0, 0.05) is 0 Å². The molecule has 0 saturated heterocycles. The van der Waals surface area contributed by atoms with E-state index in [9.17, 15) is 9.90 Å². The fourth-order valence-electron chi connectivity index (χ4n) is 3.14. The molecule has 1 atom stereocenters. The number of rotatable bonds is 19. The number of carbonyl (C=O) groups excluding carboxylic acids is 1. The fourth-order valence-corrected chi connectivity index (χ4v) is 3.14. The Hall–Kier alpha value is -0.570. The molecule has 0 spiro atoms.